The van der Waals surface area contributed by atoms with Crippen molar-refractivity contribution in [3.05, 3.63) is 70.8 Å². The van der Waals surface area contributed by atoms with Crippen molar-refractivity contribution in [1.29, 1.82) is 0 Å². The topological polar surface area (TPSA) is 125 Å². The normalized spacial score (nSPS) is 19.5. The molecule has 9 heteroatoms. The first-order valence-electron chi connectivity index (χ1n) is 12.7. The summed E-state index contributed by atoms with van der Waals surface area (Å²) < 4.78 is 12.6. The van der Waals surface area contributed by atoms with Gasteiger partial charge >= 0.3 is 5.97 Å². The molecule has 0 aliphatic carbocycles. The maximum absolute atomic E-state index is 12.1. The van der Waals surface area contributed by atoms with Gasteiger partial charge in [0.05, 0.1) is 25.4 Å². The second kappa shape index (κ2) is 15.7. The number of ether oxygens (including phenoxy) is 2. The van der Waals surface area contributed by atoms with E-state index in [1.807, 2.05) is 48.5 Å². The smallest absolute Gasteiger partial charge is 0.303 e. The highest BCUT2D eigenvalue weighted by Gasteiger charge is 2.32. The van der Waals surface area contributed by atoms with Crippen molar-refractivity contribution >= 4 is 23.6 Å². The summed E-state index contributed by atoms with van der Waals surface area (Å²) in [7, 11) is 0. The van der Waals surface area contributed by atoms with Crippen LogP contribution in [0.5, 0.6) is 0 Å². The molecule has 2 aromatic rings. The van der Waals surface area contributed by atoms with Crippen LogP contribution < -0.4 is 5.32 Å². The molecule has 1 fully saturated rings. The third kappa shape index (κ3) is 10.1. The summed E-state index contributed by atoms with van der Waals surface area (Å²) in [6, 6.07) is 15.6. The first kappa shape index (κ1) is 29.1. The van der Waals surface area contributed by atoms with Crippen molar-refractivity contribution in [3.63, 3.8) is 0 Å². The Hall–Kier alpha value is -2.43. The van der Waals surface area contributed by atoms with Gasteiger partial charge in [0.1, 0.15) is 0 Å². The predicted molar refractivity (Wildman–Crippen MR) is 142 cm³/mol. The monoisotopic (exact) mass is 531 g/mol. The number of aliphatic hydroxyl groups is 2. The molecule has 1 saturated heterocycles. The Kier molecular flexibility index (Phi) is 12.4. The summed E-state index contributed by atoms with van der Waals surface area (Å²) in [6.07, 6.45) is 2.49. The van der Waals surface area contributed by atoms with Gasteiger partial charge in [0.15, 0.2) is 6.29 Å². The van der Waals surface area contributed by atoms with E-state index in [9.17, 15) is 14.7 Å². The van der Waals surface area contributed by atoms with Crippen LogP contribution in [0.25, 0.3) is 0 Å². The maximum atomic E-state index is 12.1. The van der Waals surface area contributed by atoms with E-state index in [4.69, 9.17) is 19.7 Å². The van der Waals surface area contributed by atoms with Crippen molar-refractivity contribution in [1.82, 2.24) is 5.32 Å². The third-order valence-electron chi connectivity index (χ3n) is 6.19. The lowest BCUT2D eigenvalue weighted by Gasteiger charge is -2.36. The molecule has 37 heavy (non-hydrogen) atoms. The van der Waals surface area contributed by atoms with Crippen molar-refractivity contribution in [2.75, 3.05) is 18.1 Å². The van der Waals surface area contributed by atoms with E-state index in [0.717, 1.165) is 34.4 Å². The number of unbranched alkanes of at least 4 members (excludes halogenated alkanes) is 2. The number of carboxylic acid groups (broad SMARTS) is 1. The lowest BCUT2D eigenvalue weighted by molar-refractivity contribution is -0.245. The summed E-state index contributed by atoms with van der Waals surface area (Å²) in [5.41, 5.74) is 3.74. The number of carbonyl (C=O) groups is 2. The van der Waals surface area contributed by atoms with Gasteiger partial charge < -0.3 is 30.1 Å². The Morgan fingerprint density at radius 2 is 1.57 bits per heavy atom. The number of nitrogens with one attached hydrogen (secondary N) is 1. The Morgan fingerprint density at radius 3 is 2.24 bits per heavy atom. The highest BCUT2D eigenvalue weighted by Crippen LogP contribution is 2.38. The highest BCUT2D eigenvalue weighted by molar-refractivity contribution is 7.99. The number of benzene rings is 2. The van der Waals surface area contributed by atoms with Gasteiger partial charge in [-0.25, -0.2) is 0 Å². The van der Waals surface area contributed by atoms with E-state index in [2.05, 4.69) is 5.32 Å². The number of hydrogen-bond acceptors (Lipinski definition) is 7. The third-order valence-corrected chi connectivity index (χ3v) is 7.27. The van der Waals surface area contributed by atoms with E-state index >= 15 is 0 Å². The second-order valence-corrected chi connectivity index (χ2v) is 10.3. The molecule has 0 unspecified atom stereocenters. The van der Waals surface area contributed by atoms with Gasteiger partial charge in [-0.1, -0.05) is 55.0 Å². The van der Waals surface area contributed by atoms with E-state index in [1.165, 1.54) is 0 Å². The molecule has 3 atom stereocenters. The van der Waals surface area contributed by atoms with Crippen molar-refractivity contribution < 1.29 is 34.4 Å². The summed E-state index contributed by atoms with van der Waals surface area (Å²) in [6.45, 7) is 0.546. The van der Waals surface area contributed by atoms with Crippen molar-refractivity contribution in [3.8, 4) is 0 Å². The molecular weight excluding hydrogens is 494 g/mol. The van der Waals surface area contributed by atoms with Crippen LogP contribution >= 0.6 is 11.8 Å². The number of rotatable bonds is 15. The SMILES string of the molecule is O=C(O)CCCCCC(=O)NCc1ccc([C@@H]2O[C@H](CSCCO)C[C@H](c3ccc(CO)cc3)O2)cc1. The van der Waals surface area contributed by atoms with Crippen LogP contribution in [0.1, 0.15) is 73.2 Å². The zero-order valence-corrected chi connectivity index (χ0v) is 21.8. The quantitative estimate of drug-likeness (QED) is 0.253. The van der Waals surface area contributed by atoms with E-state index in [-0.39, 0.29) is 37.7 Å². The average molecular weight is 532 g/mol. The maximum Gasteiger partial charge on any atom is 0.303 e. The summed E-state index contributed by atoms with van der Waals surface area (Å²) in [5, 5.41) is 30.1. The van der Waals surface area contributed by atoms with Crippen LogP contribution in [0.15, 0.2) is 48.5 Å². The van der Waals surface area contributed by atoms with E-state index in [1.54, 1.807) is 11.8 Å². The number of amides is 1. The molecule has 0 aromatic heterocycles. The molecule has 3 rings (SSSR count). The van der Waals surface area contributed by atoms with Crippen LogP contribution in [0.4, 0.5) is 0 Å². The summed E-state index contributed by atoms with van der Waals surface area (Å²) in [4.78, 5) is 22.6. The number of hydrogen-bond donors (Lipinski definition) is 4. The molecule has 4 N–H and O–H groups in total. The fraction of sp³-hybridized carbons (Fsp3) is 0.500. The molecule has 0 saturated carbocycles. The molecule has 0 spiro atoms. The van der Waals surface area contributed by atoms with E-state index in [0.29, 0.717) is 38.0 Å². The van der Waals surface area contributed by atoms with Gasteiger partial charge in [-0.15, -0.1) is 0 Å². The van der Waals surface area contributed by atoms with Crippen LogP contribution in [-0.2, 0) is 32.2 Å². The number of carbonyl (C=O) groups excluding carboxylic acids is 1. The Morgan fingerprint density at radius 1 is 0.892 bits per heavy atom. The van der Waals surface area contributed by atoms with Gasteiger partial charge in [0.2, 0.25) is 5.91 Å². The number of aliphatic carboxylic acids is 1. The minimum Gasteiger partial charge on any atom is -0.481 e. The largest absolute Gasteiger partial charge is 0.481 e. The Balaban J connectivity index is 1.55. The van der Waals surface area contributed by atoms with Gasteiger partial charge in [-0.2, -0.15) is 11.8 Å². The first-order valence-corrected chi connectivity index (χ1v) is 13.9. The van der Waals surface area contributed by atoms with Crippen LogP contribution in [0, 0.1) is 0 Å². The molecule has 1 aliphatic heterocycles. The molecule has 2 aromatic carbocycles. The first-order chi connectivity index (χ1) is 18.0. The molecule has 1 heterocycles. The zero-order chi connectivity index (χ0) is 26.5. The number of carboxylic acids is 1. The molecule has 0 bridgehead atoms. The fourth-order valence-corrected chi connectivity index (χ4v) is 4.90. The van der Waals surface area contributed by atoms with E-state index < -0.39 is 12.3 Å². The second-order valence-electron chi connectivity index (χ2n) is 9.12. The molecule has 202 valence electrons. The van der Waals surface area contributed by atoms with Gasteiger partial charge in [-0.05, 0) is 29.5 Å². The van der Waals surface area contributed by atoms with Crippen molar-refractivity contribution in [2.45, 2.75) is 70.2 Å². The Labute approximate surface area is 222 Å². The predicted octanol–water partition coefficient (Wildman–Crippen LogP) is 4.10. The molecular formula is C28H37NO7S. The van der Waals surface area contributed by atoms with Crippen LogP contribution in [0.3, 0.4) is 0 Å². The molecule has 0 radical (unpaired) electrons. The van der Waals surface area contributed by atoms with Gasteiger partial charge in [-0.3, -0.25) is 9.59 Å². The van der Waals surface area contributed by atoms with Gasteiger partial charge in [0.25, 0.3) is 0 Å². The molecule has 8 nitrogen and oxygen atoms in total. The minimum absolute atomic E-state index is 0.00242. The molecule has 1 aliphatic rings. The average Bonchev–Trinajstić information content (AvgIpc) is 2.92. The van der Waals surface area contributed by atoms with Crippen molar-refractivity contribution in [2.24, 2.45) is 0 Å². The van der Waals surface area contributed by atoms with Gasteiger partial charge in [0, 0.05) is 42.9 Å². The summed E-state index contributed by atoms with van der Waals surface area (Å²) >= 11 is 1.65. The standard InChI is InChI=1S/C28H37NO7S/c30-14-15-37-19-24-16-25(22-10-8-21(18-31)9-11-22)36-28(35-24)23-12-6-20(7-13-23)17-29-26(32)4-2-1-3-5-27(33)34/h6-13,24-25,28,30-31H,1-5,14-19H2,(H,29,32)(H,33,34)/t24-,25+,28+/m0/s1. The zero-order valence-electron chi connectivity index (χ0n) is 21.0. The highest BCUT2D eigenvalue weighted by atomic mass is 32.2. The van der Waals surface area contributed by atoms with Crippen LogP contribution in [-0.4, -0.2) is 51.4 Å². The van der Waals surface area contributed by atoms with Crippen LogP contribution in [0.2, 0.25) is 0 Å². The number of thioether (sulfide) groups is 1. The fourth-order valence-electron chi connectivity index (χ4n) is 4.12. The minimum atomic E-state index is -0.805. The lowest BCUT2D eigenvalue weighted by atomic mass is 10.0. The lowest BCUT2D eigenvalue weighted by Crippen LogP contribution is -2.31. The summed E-state index contributed by atoms with van der Waals surface area (Å²) in [5.74, 6) is 0.563. The molecule has 1 amide bonds. The Bertz CT molecular complexity index is 968. The number of aliphatic hydroxyl groups excluding tert-OH is 2.